The molecule has 1 aromatic carbocycles. The van der Waals surface area contributed by atoms with Gasteiger partial charge in [0.15, 0.2) is 42.0 Å². The number of benzene rings is 1. The standard InChI is InChI=1S/C17H21NO6.C12H19N3O5.C10H17N3O4/c1-17(2)23-14-12-13(22-15(14)24-17)11(19)8-18(12)16(20)21-9-10-6-4-3-5-7-10;1-11(2)16-5-6(18-11)8-7(14-15-13)9-10(17-8)20-12(3,4)19-9;1-4-5(14)7-6(12-13-11)8-9(15-7)17-10(2,3)16-8/h3-7,11-15,19H,8-9H2,1-2H3;6-10H,5H2,1-4H3;5-9,14H,4H2,1-3H3/t11-,12?,13+,14+,15+;6-,7-,8+,9+,10+;5-,6-,7+,8+,9+/m111/s1. The Morgan fingerprint density at radius 2 is 1.31 bits per heavy atom. The van der Waals surface area contributed by atoms with Crippen LogP contribution in [0.2, 0.25) is 0 Å². The maximum absolute atomic E-state index is 12.5. The molecular weight excluding hydrogens is 806 g/mol. The van der Waals surface area contributed by atoms with E-state index in [2.05, 4.69) is 20.1 Å². The third-order valence-electron chi connectivity index (χ3n) is 11.3. The minimum Gasteiger partial charge on any atom is -0.445 e. The lowest BCUT2D eigenvalue weighted by Gasteiger charge is -2.27. The highest BCUT2D eigenvalue weighted by Gasteiger charge is 2.63. The number of azide groups is 2. The average Bonchev–Trinajstić information content (AvgIpc) is 4.07. The highest BCUT2D eigenvalue weighted by molar-refractivity contribution is 5.69. The minimum absolute atomic E-state index is 0.163. The number of carbonyl (C=O) groups excluding carboxylic acids is 1. The van der Waals surface area contributed by atoms with Crippen molar-refractivity contribution in [2.75, 3.05) is 13.2 Å². The van der Waals surface area contributed by atoms with Gasteiger partial charge in [0.25, 0.3) is 0 Å². The molecular formula is C39H57N7O15. The number of fused-ring (bicyclic) bond motifs is 5. The zero-order chi connectivity index (χ0) is 44.1. The number of carbonyl (C=O) groups is 1. The molecule has 8 saturated heterocycles. The predicted octanol–water partition coefficient (Wildman–Crippen LogP) is 4.25. The van der Waals surface area contributed by atoms with Gasteiger partial charge in [-0.05, 0) is 78.4 Å². The van der Waals surface area contributed by atoms with Gasteiger partial charge >= 0.3 is 6.09 Å². The third-order valence-corrected chi connectivity index (χ3v) is 11.3. The molecule has 0 aromatic heterocycles. The molecule has 0 radical (unpaired) electrons. The first-order valence-electron chi connectivity index (χ1n) is 20.5. The van der Waals surface area contributed by atoms with Crippen LogP contribution < -0.4 is 0 Å². The van der Waals surface area contributed by atoms with Crippen LogP contribution in [0, 0.1) is 0 Å². The number of aliphatic hydroxyl groups is 2. The van der Waals surface area contributed by atoms with Crippen molar-refractivity contribution in [3.05, 3.63) is 56.8 Å². The molecule has 22 nitrogen and oxygen atoms in total. The zero-order valence-corrected chi connectivity index (χ0v) is 35.7. The van der Waals surface area contributed by atoms with E-state index in [1.165, 1.54) is 4.90 Å². The van der Waals surface area contributed by atoms with E-state index in [4.69, 9.17) is 67.9 Å². The average molecular weight is 864 g/mol. The number of amides is 1. The summed E-state index contributed by atoms with van der Waals surface area (Å²) in [7, 11) is 0. The van der Waals surface area contributed by atoms with Crippen LogP contribution in [-0.4, -0.2) is 149 Å². The number of likely N-dealkylation sites (tertiary alicyclic amines) is 1. The van der Waals surface area contributed by atoms with E-state index in [0.29, 0.717) is 13.0 Å². The van der Waals surface area contributed by atoms with Crippen LogP contribution in [0.3, 0.4) is 0 Å². The van der Waals surface area contributed by atoms with Gasteiger partial charge < -0.3 is 67.1 Å². The Balaban J connectivity index is 0.000000140. The first kappa shape index (κ1) is 45.6. The Morgan fingerprint density at radius 3 is 1.89 bits per heavy atom. The number of aliphatic hydroxyl groups excluding tert-OH is 2. The number of hydrogen-bond donors (Lipinski definition) is 2. The van der Waals surface area contributed by atoms with Crippen LogP contribution >= 0.6 is 0 Å². The summed E-state index contributed by atoms with van der Waals surface area (Å²) in [5.41, 5.74) is 18.3. The number of hydrogen-bond acceptors (Lipinski definition) is 17. The van der Waals surface area contributed by atoms with Gasteiger partial charge in [-0.3, -0.25) is 4.90 Å². The van der Waals surface area contributed by atoms with Crippen molar-refractivity contribution in [2.45, 2.75) is 190 Å². The van der Waals surface area contributed by atoms with Crippen molar-refractivity contribution in [2.24, 2.45) is 10.2 Å². The van der Waals surface area contributed by atoms with E-state index < -0.39 is 115 Å². The summed E-state index contributed by atoms with van der Waals surface area (Å²) in [5, 5.41) is 27.5. The van der Waals surface area contributed by atoms with Crippen LogP contribution in [0.25, 0.3) is 20.9 Å². The van der Waals surface area contributed by atoms with Gasteiger partial charge in [-0.25, -0.2) is 4.79 Å². The summed E-state index contributed by atoms with van der Waals surface area (Å²) in [6.07, 6.45) is -6.24. The van der Waals surface area contributed by atoms with Gasteiger partial charge in [-0.2, -0.15) is 0 Å². The molecule has 2 N–H and O–H groups in total. The zero-order valence-electron chi connectivity index (χ0n) is 35.7. The first-order chi connectivity index (χ1) is 28.7. The molecule has 8 aliphatic rings. The summed E-state index contributed by atoms with van der Waals surface area (Å²) >= 11 is 0. The molecule has 8 heterocycles. The van der Waals surface area contributed by atoms with Crippen LogP contribution in [0.5, 0.6) is 0 Å². The van der Waals surface area contributed by atoms with Crippen LogP contribution in [-0.2, 0) is 63.4 Å². The Kier molecular flexibility index (Phi) is 13.2. The SMILES string of the molecule is CC1(C)O[C@@H]2O[C@@H]([C@H]3COC(C)(C)O3)[C@@H](N=[N+]=[N-])[C@@H]2O1.CC1(C)O[C@@H]2O[C@@H]3C([C@@H]2O1)N(C(=O)OCc1ccccc1)C[C@H]3O.CC[C@@H](O)[C@@H]1O[C@H]2OC(C)(C)O[C@H]2[C@@H]1N=[N+]=[N-]. The molecule has 8 aliphatic heterocycles. The molecule has 0 spiro atoms. The highest BCUT2D eigenvalue weighted by Crippen LogP contribution is 2.45. The lowest BCUT2D eigenvalue weighted by molar-refractivity contribution is -0.222. The molecule has 8 fully saturated rings. The van der Waals surface area contributed by atoms with Gasteiger partial charge in [0.05, 0.1) is 43.5 Å². The Morgan fingerprint density at radius 1 is 0.770 bits per heavy atom. The largest absolute Gasteiger partial charge is 0.445 e. The normalized spacial score (nSPS) is 40.5. The maximum atomic E-state index is 12.5. The van der Waals surface area contributed by atoms with Crippen molar-refractivity contribution in [3.8, 4) is 0 Å². The smallest absolute Gasteiger partial charge is 0.410 e. The second-order valence-corrected chi connectivity index (χ2v) is 17.7. The van der Waals surface area contributed by atoms with Crippen molar-refractivity contribution < 1.29 is 71.8 Å². The molecule has 22 heteroatoms. The third kappa shape index (κ3) is 9.89. The van der Waals surface area contributed by atoms with E-state index in [0.717, 1.165) is 5.56 Å². The summed E-state index contributed by atoms with van der Waals surface area (Å²) in [5.74, 6) is -2.92. The predicted molar refractivity (Wildman–Crippen MR) is 206 cm³/mol. The van der Waals surface area contributed by atoms with Crippen molar-refractivity contribution >= 4 is 6.09 Å². The quantitative estimate of drug-likeness (QED) is 0.220. The number of rotatable bonds is 7. The monoisotopic (exact) mass is 863 g/mol. The lowest BCUT2D eigenvalue weighted by Crippen LogP contribution is -2.46. The Labute approximate surface area is 353 Å². The molecule has 1 amide bonds. The second-order valence-electron chi connectivity index (χ2n) is 17.7. The first-order valence-corrected chi connectivity index (χ1v) is 20.5. The molecule has 15 atom stereocenters. The molecule has 0 bridgehead atoms. The topological polar surface area (TPSA) is 269 Å². The Hall–Kier alpha value is -3.41. The number of ether oxygens (including phenoxy) is 12. The van der Waals surface area contributed by atoms with Crippen molar-refractivity contribution in [1.29, 1.82) is 0 Å². The number of nitrogens with zero attached hydrogens (tertiary/aromatic N) is 7. The lowest BCUT2D eigenvalue weighted by atomic mass is 10.0. The fourth-order valence-corrected chi connectivity index (χ4v) is 8.76. The summed E-state index contributed by atoms with van der Waals surface area (Å²) in [6, 6.07) is 8.01. The van der Waals surface area contributed by atoms with E-state index in [9.17, 15) is 15.0 Å². The van der Waals surface area contributed by atoms with Gasteiger partial charge in [0, 0.05) is 9.82 Å². The van der Waals surface area contributed by atoms with E-state index in [1.54, 1.807) is 41.5 Å². The van der Waals surface area contributed by atoms with E-state index >= 15 is 0 Å². The van der Waals surface area contributed by atoms with Crippen LogP contribution in [0.4, 0.5) is 4.79 Å². The van der Waals surface area contributed by atoms with Crippen molar-refractivity contribution in [3.63, 3.8) is 0 Å². The summed E-state index contributed by atoms with van der Waals surface area (Å²) in [4.78, 5) is 19.7. The van der Waals surface area contributed by atoms with Gasteiger partial charge in [-0.1, -0.05) is 47.5 Å². The van der Waals surface area contributed by atoms with E-state index in [1.807, 2.05) is 51.1 Å². The Bertz CT molecular complexity index is 1810. The molecule has 0 aliphatic carbocycles. The fraction of sp³-hybridized carbons (Fsp3) is 0.821. The number of β-amino-alcohol motifs (C(OH)–C–C–N with tert-alkyl or cyclic N) is 1. The molecule has 1 aromatic rings. The summed E-state index contributed by atoms with van der Waals surface area (Å²) < 4.78 is 68.1. The van der Waals surface area contributed by atoms with Crippen LogP contribution in [0.1, 0.15) is 74.3 Å². The van der Waals surface area contributed by atoms with Gasteiger partial charge in [0.1, 0.15) is 49.3 Å². The molecule has 61 heavy (non-hydrogen) atoms. The molecule has 9 rings (SSSR count). The highest BCUT2D eigenvalue weighted by atomic mass is 16.9. The maximum Gasteiger partial charge on any atom is 0.410 e. The van der Waals surface area contributed by atoms with Crippen LogP contribution in [0.15, 0.2) is 40.6 Å². The molecule has 338 valence electrons. The van der Waals surface area contributed by atoms with E-state index in [-0.39, 0.29) is 19.3 Å². The minimum atomic E-state index is -0.778. The second kappa shape index (κ2) is 17.6. The summed E-state index contributed by atoms with van der Waals surface area (Å²) in [6.45, 7) is 17.0. The van der Waals surface area contributed by atoms with Gasteiger partial charge in [0.2, 0.25) is 0 Å². The molecule has 1 unspecified atom stereocenters. The van der Waals surface area contributed by atoms with Gasteiger partial charge in [-0.15, -0.1) is 0 Å². The molecule has 0 saturated carbocycles. The fourth-order valence-electron chi connectivity index (χ4n) is 8.76. The van der Waals surface area contributed by atoms with Crippen molar-refractivity contribution in [1.82, 2.24) is 4.90 Å².